The molecule has 84 valence electrons. The summed E-state index contributed by atoms with van der Waals surface area (Å²) in [4.78, 5) is 23.5. The van der Waals surface area contributed by atoms with Gasteiger partial charge in [-0.3, -0.25) is 4.79 Å². The second kappa shape index (κ2) is 5.46. The molecular formula is C11H9BrO4. The van der Waals surface area contributed by atoms with Gasteiger partial charge >= 0.3 is 5.97 Å². The van der Waals surface area contributed by atoms with E-state index in [9.17, 15) is 9.59 Å². The number of ether oxygens (including phenoxy) is 1. The van der Waals surface area contributed by atoms with Crippen molar-refractivity contribution >= 4 is 27.7 Å². The van der Waals surface area contributed by atoms with E-state index in [1.807, 2.05) is 0 Å². The molecule has 0 aliphatic rings. The second-order valence-corrected chi connectivity index (χ2v) is 3.34. The van der Waals surface area contributed by atoms with Crippen LogP contribution < -0.4 is 4.74 Å². The number of ketones is 1. The molecule has 0 aliphatic heterocycles. The van der Waals surface area contributed by atoms with Gasteiger partial charge in [-0.2, -0.15) is 0 Å². The zero-order chi connectivity index (χ0) is 12.1. The lowest BCUT2D eigenvalue weighted by Crippen LogP contribution is -2.11. The molecule has 0 fully saturated rings. The molecule has 1 N–H and O–H groups in total. The summed E-state index contributed by atoms with van der Waals surface area (Å²) in [5.74, 6) is -1.21. The molecule has 5 heteroatoms. The predicted octanol–water partition coefficient (Wildman–Crippen LogP) is 2.24. The summed E-state index contributed by atoms with van der Waals surface area (Å²) >= 11 is 2.85. The van der Waals surface area contributed by atoms with Crippen LogP contribution in [0.4, 0.5) is 0 Å². The lowest BCUT2D eigenvalue weighted by Gasteiger charge is -2.02. The molecule has 0 heterocycles. The first kappa shape index (κ1) is 12.4. The number of halogens is 1. The second-order valence-electron chi connectivity index (χ2n) is 2.89. The summed E-state index contributed by atoms with van der Waals surface area (Å²) in [5.41, 5.74) is -0.0148. The van der Waals surface area contributed by atoms with Crippen molar-refractivity contribution < 1.29 is 19.4 Å². The van der Waals surface area contributed by atoms with Gasteiger partial charge in [0, 0.05) is 5.56 Å². The first-order valence-corrected chi connectivity index (χ1v) is 5.24. The molecule has 0 bridgehead atoms. The summed E-state index contributed by atoms with van der Waals surface area (Å²) < 4.78 is 4.93. The van der Waals surface area contributed by atoms with Gasteiger partial charge < -0.3 is 9.84 Å². The van der Waals surface area contributed by atoms with Crippen LogP contribution in [0, 0.1) is 0 Å². The Morgan fingerprint density at radius 1 is 1.31 bits per heavy atom. The fourth-order valence-electron chi connectivity index (χ4n) is 1.09. The maximum atomic E-state index is 11.7. The Bertz CT molecular complexity index is 434. The van der Waals surface area contributed by atoms with Crippen molar-refractivity contribution in [2.24, 2.45) is 0 Å². The molecule has 1 aromatic carbocycles. The van der Waals surface area contributed by atoms with Crippen LogP contribution in [0.25, 0.3) is 0 Å². The van der Waals surface area contributed by atoms with E-state index in [0.717, 1.165) is 4.99 Å². The minimum atomic E-state index is -1.27. The van der Waals surface area contributed by atoms with Crippen molar-refractivity contribution in [1.82, 2.24) is 0 Å². The van der Waals surface area contributed by atoms with Crippen LogP contribution in [0.5, 0.6) is 5.75 Å². The maximum absolute atomic E-state index is 11.7. The lowest BCUT2D eigenvalue weighted by molar-refractivity contribution is -0.132. The number of Topliss-reactive ketones (excluding diaryl/α,β-unsaturated/α-hetero) is 1. The van der Waals surface area contributed by atoms with Gasteiger partial charge in [0.25, 0.3) is 0 Å². The highest BCUT2D eigenvalue weighted by molar-refractivity contribution is 9.11. The topological polar surface area (TPSA) is 63.6 Å². The van der Waals surface area contributed by atoms with E-state index in [0.29, 0.717) is 11.3 Å². The monoisotopic (exact) mass is 284 g/mol. The van der Waals surface area contributed by atoms with E-state index in [1.54, 1.807) is 12.1 Å². The molecule has 4 nitrogen and oxygen atoms in total. The first-order valence-electron chi connectivity index (χ1n) is 4.32. The van der Waals surface area contributed by atoms with Gasteiger partial charge in [0.2, 0.25) is 5.78 Å². The van der Waals surface area contributed by atoms with E-state index in [4.69, 9.17) is 9.84 Å². The van der Waals surface area contributed by atoms with E-state index >= 15 is 0 Å². The summed E-state index contributed by atoms with van der Waals surface area (Å²) in [6.07, 6.45) is 0. The SMILES string of the molecule is COc1ccc(C(=O)/C(=C/Br)C(=O)O)cc1. The number of benzene rings is 1. The van der Waals surface area contributed by atoms with Gasteiger partial charge in [0.05, 0.1) is 7.11 Å². The Labute approximate surface area is 101 Å². The van der Waals surface area contributed by atoms with E-state index < -0.39 is 11.8 Å². The lowest BCUT2D eigenvalue weighted by atomic mass is 10.1. The van der Waals surface area contributed by atoms with Crippen LogP contribution >= 0.6 is 15.9 Å². The van der Waals surface area contributed by atoms with Gasteiger partial charge in [-0.15, -0.1) is 0 Å². The third-order valence-corrected chi connectivity index (χ3v) is 2.39. The Kier molecular flexibility index (Phi) is 4.25. The Balaban J connectivity index is 3.00. The van der Waals surface area contributed by atoms with Crippen molar-refractivity contribution in [3.8, 4) is 5.75 Å². The molecule has 1 aromatic rings. The Morgan fingerprint density at radius 2 is 1.88 bits per heavy atom. The average Bonchev–Trinajstić information content (AvgIpc) is 2.29. The van der Waals surface area contributed by atoms with Crippen molar-refractivity contribution in [2.75, 3.05) is 7.11 Å². The molecule has 16 heavy (non-hydrogen) atoms. The number of aliphatic carboxylic acids is 1. The van der Waals surface area contributed by atoms with Crippen molar-refractivity contribution in [3.63, 3.8) is 0 Å². The summed E-state index contributed by atoms with van der Waals surface area (Å²) in [5, 5.41) is 8.76. The molecule has 0 atom stereocenters. The maximum Gasteiger partial charge on any atom is 0.340 e. The molecule has 0 saturated heterocycles. The number of methoxy groups -OCH3 is 1. The third-order valence-electron chi connectivity index (χ3n) is 1.94. The quantitative estimate of drug-likeness (QED) is 0.399. The summed E-state index contributed by atoms with van der Waals surface area (Å²) in [7, 11) is 1.51. The normalized spacial score (nSPS) is 11.0. The van der Waals surface area contributed by atoms with Crippen LogP contribution in [-0.4, -0.2) is 24.0 Å². The molecule has 0 spiro atoms. The molecule has 0 amide bonds. The van der Waals surface area contributed by atoms with Gasteiger partial charge in [-0.1, -0.05) is 15.9 Å². The number of carbonyl (C=O) groups is 2. The van der Waals surface area contributed by atoms with Gasteiger partial charge in [-0.05, 0) is 29.3 Å². The zero-order valence-electron chi connectivity index (χ0n) is 8.44. The molecular weight excluding hydrogens is 276 g/mol. The third kappa shape index (κ3) is 2.70. The number of carboxylic acid groups (broad SMARTS) is 1. The van der Waals surface area contributed by atoms with Crippen LogP contribution in [0.15, 0.2) is 34.8 Å². The van der Waals surface area contributed by atoms with Crippen molar-refractivity contribution in [3.05, 3.63) is 40.4 Å². The fraction of sp³-hybridized carbons (Fsp3) is 0.0909. The Morgan fingerprint density at radius 3 is 2.25 bits per heavy atom. The van der Waals surface area contributed by atoms with Crippen LogP contribution in [0.3, 0.4) is 0 Å². The minimum Gasteiger partial charge on any atom is -0.497 e. The number of hydrogen-bond donors (Lipinski definition) is 1. The molecule has 0 radical (unpaired) electrons. The van der Waals surface area contributed by atoms with Crippen molar-refractivity contribution in [2.45, 2.75) is 0 Å². The van der Waals surface area contributed by atoms with Gasteiger partial charge in [-0.25, -0.2) is 4.79 Å². The predicted molar refractivity (Wildman–Crippen MR) is 62.0 cm³/mol. The number of carbonyl (C=O) groups excluding carboxylic acids is 1. The largest absolute Gasteiger partial charge is 0.497 e. The van der Waals surface area contributed by atoms with Crippen LogP contribution in [0.2, 0.25) is 0 Å². The highest BCUT2D eigenvalue weighted by Gasteiger charge is 2.18. The highest BCUT2D eigenvalue weighted by atomic mass is 79.9. The highest BCUT2D eigenvalue weighted by Crippen LogP contribution is 2.15. The van der Waals surface area contributed by atoms with Crippen LogP contribution in [-0.2, 0) is 4.79 Å². The molecule has 0 saturated carbocycles. The molecule has 0 aliphatic carbocycles. The number of hydrogen-bond acceptors (Lipinski definition) is 3. The zero-order valence-corrected chi connectivity index (χ0v) is 10.0. The van der Waals surface area contributed by atoms with Gasteiger partial charge in [0.15, 0.2) is 0 Å². The summed E-state index contributed by atoms with van der Waals surface area (Å²) in [6, 6.07) is 6.23. The smallest absolute Gasteiger partial charge is 0.340 e. The van der Waals surface area contributed by atoms with Gasteiger partial charge in [0.1, 0.15) is 11.3 Å². The number of carboxylic acids is 1. The number of rotatable bonds is 4. The van der Waals surface area contributed by atoms with Crippen molar-refractivity contribution in [1.29, 1.82) is 0 Å². The van der Waals surface area contributed by atoms with E-state index in [2.05, 4.69) is 15.9 Å². The molecule has 0 unspecified atom stereocenters. The fourth-order valence-corrected chi connectivity index (χ4v) is 1.49. The minimum absolute atomic E-state index is 0.300. The summed E-state index contributed by atoms with van der Waals surface area (Å²) in [6.45, 7) is 0. The standard InChI is InChI=1S/C11H9BrO4/c1-16-8-4-2-7(3-5-8)10(13)9(6-12)11(14)15/h2-6H,1H3,(H,14,15)/b9-6-. The Hall–Kier alpha value is -1.62. The first-order chi connectivity index (χ1) is 7.60. The van der Waals surface area contributed by atoms with E-state index in [-0.39, 0.29) is 5.57 Å². The molecule has 0 aromatic heterocycles. The van der Waals surface area contributed by atoms with E-state index in [1.165, 1.54) is 19.2 Å². The molecule has 1 rings (SSSR count). The average molecular weight is 285 g/mol. The van der Waals surface area contributed by atoms with Crippen LogP contribution in [0.1, 0.15) is 10.4 Å².